The summed E-state index contributed by atoms with van der Waals surface area (Å²) in [5, 5.41) is 12.7. The van der Waals surface area contributed by atoms with Crippen molar-refractivity contribution in [2.24, 2.45) is 0 Å². The van der Waals surface area contributed by atoms with Crippen LogP contribution in [0.3, 0.4) is 0 Å². The standard InChI is InChI=1S/C23H28N2O4/c1-14-5-7-17(25-11-9-18(26)10-12-25)13-20(14)22(27)24-21-15(2)6-8-19(16(21)3)23(28)29-4/h5-8,13,18,26H,9-12H2,1-4H3,(H,24,27). The fourth-order valence-electron chi connectivity index (χ4n) is 3.73. The number of rotatable bonds is 4. The van der Waals surface area contributed by atoms with Gasteiger partial charge in [0.2, 0.25) is 0 Å². The zero-order valence-corrected chi connectivity index (χ0v) is 17.4. The van der Waals surface area contributed by atoms with E-state index in [0.717, 1.165) is 42.7 Å². The summed E-state index contributed by atoms with van der Waals surface area (Å²) in [5.74, 6) is -0.641. The zero-order chi connectivity index (χ0) is 21.1. The highest BCUT2D eigenvalue weighted by molar-refractivity contribution is 6.07. The first-order valence-corrected chi connectivity index (χ1v) is 9.85. The van der Waals surface area contributed by atoms with Crippen molar-refractivity contribution in [3.63, 3.8) is 0 Å². The van der Waals surface area contributed by atoms with Gasteiger partial charge in [-0.15, -0.1) is 0 Å². The maximum Gasteiger partial charge on any atom is 0.338 e. The average Bonchev–Trinajstić information content (AvgIpc) is 2.71. The normalized spacial score (nSPS) is 14.6. The van der Waals surface area contributed by atoms with E-state index in [1.54, 1.807) is 19.1 Å². The van der Waals surface area contributed by atoms with Crippen molar-refractivity contribution in [3.8, 4) is 0 Å². The van der Waals surface area contributed by atoms with E-state index in [2.05, 4.69) is 10.2 Å². The molecule has 3 rings (SSSR count). The number of amides is 1. The lowest BCUT2D eigenvalue weighted by Gasteiger charge is -2.31. The lowest BCUT2D eigenvalue weighted by Crippen LogP contribution is -2.35. The molecule has 6 heteroatoms. The second-order valence-corrected chi connectivity index (χ2v) is 7.59. The highest BCUT2D eigenvalue weighted by Crippen LogP contribution is 2.27. The van der Waals surface area contributed by atoms with Crippen LogP contribution >= 0.6 is 0 Å². The highest BCUT2D eigenvalue weighted by atomic mass is 16.5. The number of nitrogens with zero attached hydrogens (tertiary/aromatic N) is 1. The van der Waals surface area contributed by atoms with Crippen LogP contribution < -0.4 is 10.2 Å². The van der Waals surface area contributed by atoms with Gasteiger partial charge in [-0.05, 0) is 68.5 Å². The highest BCUT2D eigenvalue weighted by Gasteiger charge is 2.20. The summed E-state index contributed by atoms with van der Waals surface area (Å²) in [7, 11) is 1.34. The molecule has 1 amide bonds. The number of benzene rings is 2. The summed E-state index contributed by atoms with van der Waals surface area (Å²) in [6.45, 7) is 7.14. The van der Waals surface area contributed by atoms with Crippen LogP contribution in [-0.2, 0) is 4.74 Å². The van der Waals surface area contributed by atoms with Gasteiger partial charge < -0.3 is 20.1 Å². The Labute approximate surface area is 171 Å². The number of nitrogens with one attached hydrogen (secondary N) is 1. The third-order valence-corrected chi connectivity index (χ3v) is 5.61. The summed E-state index contributed by atoms with van der Waals surface area (Å²) in [5.41, 5.74) is 5.07. The van der Waals surface area contributed by atoms with Gasteiger partial charge in [0.1, 0.15) is 0 Å². The number of hydrogen-bond donors (Lipinski definition) is 2. The van der Waals surface area contributed by atoms with Gasteiger partial charge in [0.25, 0.3) is 5.91 Å². The maximum atomic E-state index is 13.1. The van der Waals surface area contributed by atoms with Crippen molar-refractivity contribution in [1.29, 1.82) is 0 Å². The summed E-state index contributed by atoms with van der Waals surface area (Å²) in [4.78, 5) is 27.3. The molecular formula is C23H28N2O4. The van der Waals surface area contributed by atoms with Crippen LogP contribution in [0.2, 0.25) is 0 Å². The molecule has 2 aromatic rings. The molecule has 6 nitrogen and oxygen atoms in total. The minimum Gasteiger partial charge on any atom is -0.465 e. The number of aliphatic hydroxyl groups is 1. The summed E-state index contributed by atoms with van der Waals surface area (Å²) in [6, 6.07) is 9.37. The Bertz CT molecular complexity index is 931. The fraction of sp³-hybridized carbons (Fsp3) is 0.391. The number of carbonyl (C=O) groups excluding carboxylic acids is 2. The summed E-state index contributed by atoms with van der Waals surface area (Å²) in [6.07, 6.45) is 1.22. The minimum absolute atomic E-state index is 0.213. The number of carbonyl (C=O) groups is 2. The molecule has 1 heterocycles. The molecule has 0 radical (unpaired) electrons. The van der Waals surface area contributed by atoms with Gasteiger partial charge in [0.05, 0.1) is 18.8 Å². The summed E-state index contributed by atoms with van der Waals surface area (Å²) >= 11 is 0. The van der Waals surface area contributed by atoms with E-state index >= 15 is 0 Å². The number of piperidine rings is 1. The van der Waals surface area contributed by atoms with Crippen molar-refractivity contribution in [2.45, 2.75) is 39.7 Å². The van der Waals surface area contributed by atoms with Gasteiger partial charge in [0, 0.05) is 30.0 Å². The molecule has 0 unspecified atom stereocenters. The second kappa shape index (κ2) is 8.66. The van der Waals surface area contributed by atoms with Gasteiger partial charge in [-0.25, -0.2) is 4.79 Å². The van der Waals surface area contributed by atoms with Crippen LogP contribution in [0, 0.1) is 20.8 Å². The van der Waals surface area contributed by atoms with Gasteiger partial charge in [-0.2, -0.15) is 0 Å². The Balaban J connectivity index is 1.88. The molecule has 1 aliphatic heterocycles. The monoisotopic (exact) mass is 396 g/mol. The molecule has 2 N–H and O–H groups in total. The van der Waals surface area contributed by atoms with Crippen LogP contribution in [0.1, 0.15) is 50.2 Å². The van der Waals surface area contributed by atoms with Crippen LogP contribution in [0.25, 0.3) is 0 Å². The Morgan fingerprint density at radius 3 is 2.34 bits per heavy atom. The molecular weight excluding hydrogens is 368 g/mol. The molecule has 1 saturated heterocycles. The third kappa shape index (κ3) is 4.43. The first kappa shape index (κ1) is 20.9. The van der Waals surface area contributed by atoms with E-state index in [4.69, 9.17) is 4.74 Å². The second-order valence-electron chi connectivity index (χ2n) is 7.59. The van der Waals surface area contributed by atoms with E-state index in [-0.39, 0.29) is 12.0 Å². The number of ether oxygens (including phenoxy) is 1. The molecule has 0 aromatic heterocycles. The Hall–Kier alpha value is -2.86. The molecule has 2 aromatic carbocycles. The number of aliphatic hydroxyl groups excluding tert-OH is 1. The van der Waals surface area contributed by atoms with Crippen LogP contribution in [0.4, 0.5) is 11.4 Å². The van der Waals surface area contributed by atoms with Crippen molar-refractivity contribution >= 4 is 23.3 Å². The fourth-order valence-corrected chi connectivity index (χ4v) is 3.73. The number of anilines is 2. The predicted octanol–water partition coefficient (Wildman–Crippen LogP) is 3.61. The lowest BCUT2D eigenvalue weighted by atomic mass is 10.0. The Morgan fingerprint density at radius 2 is 1.69 bits per heavy atom. The molecule has 1 fully saturated rings. The van der Waals surface area contributed by atoms with Gasteiger partial charge >= 0.3 is 5.97 Å². The predicted molar refractivity (Wildman–Crippen MR) is 114 cm³/mol. The van der Waals surface area contributed by atoms with Crippen molar-refractivity contribution in [2.75, 3.05) is 30.4 Å². The molecule has 0 aliphatic carbocycles. The number of aryl methyl sites for hydroxylation is 2. The largest absolute Gasteiger partial charge is 0.465 e. The van der Waals surface area contributed by atoms with E-state index in [0.29, 0.717) is 22.4 Å². The first-order valence-electron chi connectivity index (χ1n) is 9.85. The molecule has 29 heavy (non-hydrogen) atoms. The van der Waals surface area contributed by atoms with Crippen LogP contribution in [0.15, 0.2) is 30.3 Å². The van der Waals surface area contributed by atoms with Crippen molar-refractivity contribution in [1.82, 2.24) is 0 Å². The lowest BCUT2D eigenvalue weighted by molar-refractivity contribution is 0.0599. The SMILES string of the molecule is COC(=O)c1ccc(C)c(NC(=O)c2cc(N3CCC(O)CC3)ccc2C)c1C. The number of hydrogen-bond acceptors (Lipinski definition) is 5. The maximum absolute atomic E-state index is 13.1. The van der Waals surface area contributed by atoms with E-state index < -0.39 is 5.97 Å². The van der Waals surface area contributed by atoms with Gasteiger partial charge in [-0.1, -0.05) is 12.1 Å². The molecule has 154 valence electrons. The minimum atomic E-state index is -0.427. The molecule has 0 atom stereocenters. The first-order chi connectivity index (χ1) is 13.8. The number of esters is 1. The van der Waals surface area contributed by atoms with E-state index in [9.17, 15) is 14.7 Å². The number of methoxy groups -OCH3 is 1. The average molecular weight is 396 g/mol. The zero-order valence-electron chi connectivity index (χ0n) is 17.4. The van der Waals surface area contributed by atoms with Gasteiger partial charge in [-0.3, -0.25) is 4.79 Å². The van der Waals surface area contributed by atoms with E-state index in [1.807, 2.05) is 32.0 Å². The smallest absolute Gasteiger partial charge is 0.338 e. The summed E-state index contributed by atoms with van der Waals surface area (Å²) < 4.78 is 4.84. The Morgan fingerprint density at radius 1 is 1.03 bits per heavy atom. The quantitative estimate of drug-likeness (QED) is 0.772. The van der Waals surface area contributed by atoms with Crippen molar-refractivity contribution < 1.29 is 19.4 Å². The van der Waals surface area contributed by atoms with Crippen molar-refractivity contribution in [3.05, 3.63) is 58.1 Å². The molecule has 0 saturated carbocycles. The molecule has 1 aliphatic rings. The molecule has 0 bridgehead atoms. The topological polar surface area (TPSA) is 78.9 Å². The Kier molecular flexibility index (Phi) is 6.23. The van der Waals surface area contributed by atoms with Crippen LogP contribution in [0.5, 0.6) is 0 Å². The van der Waals surface area contributed by atoms with Crippen LogP contribution in [-0.4, -0.2) is 43.3 Å². The molecule has 0 spiro atoms. The third-order valence-electron chi connectivity index (χ3n) is 5.61. The van der Waals surface area contributed by atoms with Gasteiger partial charge in [0.15, 0.2) is 0 Å². The van der Waals surface area contributed by atoms with E-state index in [1.165, 1.54) is 7.11 Å².